The van der Waals surface area contributed by atoms with Gasteiger partial charge in [-0.1, -0.05) is 35.9 Å². The molecule has 2 aromatic carbocycles. The third-order valence-electron chi connectivity index (χ3n) is 5.49. The van der Waals surface area contributed by atoms with Crippen LogP contribution in [0.5, 0.6) is 0 Å². The Morgan fingerprint density at radius 1 is 0.861 bits per heavy atom. The first-order valence-electron chi connectivity index (χ1n) is 12.6. The first kappa shape index (κ1) is 27.2. The lowest BCUT2D eigenvalue weighted by molar-refractivity contribution is 0.0498. The van der Waals surface area contributed by atoms with Crippen molar-refractivity contribution in [1.82, 2.24) is 15.6 Å². The zero-order valence-corrected chi connectivity index (χ0v) is 22.5. The van der Waals surface area contributed by atoms with Crippen molar-refractivity contribution < 1.29 is 19.1 Å². The number of nitrogens with zero attached hydrogens (tertiary/aromatic N) is 1. The molecule has 0 fully saturated rings. The summed E-state index contributed by atoms with van der Waals surface area (Å²) < 4.78 is 10.9. The van der Waals surface area contributed by atoms with Crippen LogP contribution in [0.1, 0.15) is 78.1 Å². The highest BCUT2D eigenvalue weighted by Crippen LogP contribution is 2.32. The SMILES string of the molecule is Cc1ccc2c(c1)c(C(CCCCNC(=O)OC(C)(C)C)NC(=O)OC(C)(C)C)nc1ccccc12. The average Bonchev–Trinajstić information content (AvgIpc) is 2.75. The second-order valence-corrected chi connectivity index (χ2v) is 11.2. The van der Waals surface area contributed by atoms with Crippen molar-refractivity contribution in [2.24, 2.45) is 0 Å². The van der Waals surface area contributed by atoms with Crippen molar-refractivity contribution in [2.45, 2.75) is 85.0 Å². The lowest BCUT2D eigenvalue weighted by Gasteiger charge is -2.25. The van der Waals surface area contributed by atoms with Gasteiger partial charge in [0, 0.05) is 17.3 Å². The highest BCUT2D eigenvalue weighted by atomic mass is 16.6. The summed E-state index contributed by atoms with van der Waals surface area (Å²) >= 11 is 0. The Balaban J connectivity index is 1.85. The zero-order chi connectivity index (χ0) is 26.5. The van der Waals surface area contributed by atoms with E-state index in [1.54, 1.807) is 0 Å². The van der Waals surface area contributed by atoms with Crippen LogP contribution in [0.3, 0.4) is 0 Å². The summed E-state index contributed by atoms with van der Waals surface area (Å²) in [4.78, 5) is 29.7. The summed E-state index contributed by atoms with van der Waals surface area (Å²) in [7, 11) is 0. The van der Waals surface area contributed by atoms with Gasteiger partial charge in [-0.15, -0.1) is 0 Å². The summed E-state index contributed by atoms with van der Waals surface area (Å²) in [6.07, 6.45) is 1.23. The van der Waals surface area contributed by atoms with E-state index < -0.39 is 23.4 Å². The first-order chi connectivity index (χ1) is 16.8. The number of alkyl carbamates (subject to hydrolysis) is 2. The molecule has 1 aromatic heterocycles. The van der Waals surface area contributed by atoms with Crippen molar-refractivity contribution in [3.05, 3.63) is 53.7 Å². The summed E-state index contributed by atoms with van der Waals surface area (Å²) in [5, 5.41) is 9.05. The van der Waals surface area contributed by atoms with Gasteiger partial charge in [0.1, 0.15) is 11.2 Å². The van der Waals surface area contributed by atoms with Crippen LogP contribution in [0.15, 0.2) is 42.5 Å². The van der Waals surface area contributed by atoms with Gasteiger partial charge in [-0.3, -0.25) is 0 Å². The standard InChI is InChI=1S/C29H39N3O4/c1-19-15-16-20-21-12-8-9-13-23(21)31-25(22(20)18-19)24(32-27(34)36-29(5,6)7)14-10-11-17-30-26(33)35-28(2,3)4/h8-9,12-13,15-16,18,24H,10-11,14,17H2,1-7H3,(H,30,33)(H,32,34). The number of fused-ring (bicyclic) bond motifs is 3. The van der Waals surface area contributed by atoms with Crippen LogP contribution in [0.4, 0.5) is 9.59 Å². The van der Waals surface area contributed by atoms with Crippen LogP contribution in [-0.4, -0.2) is 34.9 Å². The Morgan fingerprint density at radius 3 is 2.22 bits per heavy atom. The van der Waals surface area contributed by atoms with Gasteiger partial charge in [0.05, 0.1) is 17.3 Å². The third kappa shape index (κ3) is 7.83. The third-order valence-corrected chi connectivity index (χ3v) is 5.49. The van der Waals surface area contributed by atoms with Gasteiger partial charge in [-0.05, 0) is 85.2 Å². The number of aryl methyl sites for hydroxylation is 1. The number of ether oxygens (including phenoxy) is 2. The zero-order valence-electron chi connectivity index (χ0n) is 22.5. The Kier molecular flexibility index (Phi) is 8.43. The Labute approximate surface area is 214 Å². The molecule has 2 amide bonds. The average molecular weight is 494 g/mol. The van der Waals surface area contributed by atoms with Crippen molar-refractivity contribution >= 4 is 33.9 Å². The molecular formula is C29H39N3O4. The number of para-hydroxylation sites is 1. The van der Waals surface area contributed by atoms with Crippen molar-refractivity contribution in [1.29, 1.82) is 0 Å². The molecule has 0 spiro atoms. The van der Waals surface area contributed by atoms with Crippen molar-refractivity contribution in [2.75, 3.05) is 6.54 Å². The van der Waals surface area contributed by atoms with Gasteiger partial charge in [0.2, 0.25) is 0 Å². The van der Waals surface area contributed by atoms with E-state index in [9.17, 15) is 9.59 Å². The number of hydrogen-bond donors (Lipinski definition) is 2. The molecular weight excluding hydrogens is 454 g/mol. The van der Waals surface area contributed by atoms with Gasteiger partial charge in [-0.25, -0.2) is 14.6 Å². The molecule has 36 heavy (non-hydrogen) atoms. The molecule has 0 radical (unpaired) electrons. The van der Waals surface area contributed by atoms with E-state index in [0.717, 1.165) is 45.8 Å². The minimum atomic E-state index is -0.610. The largest absolute Gasteiger partial charge is 0.444 e. The number of carbonyl (C=O) groups excluding carboxylic acids is 2. The summed E-state index contributed by atoms with van der Waals surface area (Å²) in [6.45, 7) is 13.6. The molecule has 3 rings (SSSR count). The topological polar surface area (TPSA) is 89.6 Å². The number of benzene rings is 2. The number of amides is 2. The van der Waals surface area contributed by atoms with E-state index in [1.807, 2.05) is 59.7 Å². The molecule has 0 aliphatic rings. The molecule has 0 bridgehead atoms. The second kappa shape index (κ2) is 11.1. The van der Waals surface area contributed by atoms with Crippen LogP contribution in [0.2, 0.25) is 0 Å². The van der Waals surface area contributed by atoms with Gasteiger partial charge in [0.15, 0.2) is 0 Å². The molecule has 7 heteroatoms. The molecule has 194 valence electrons. The van der Waals surface area contributed by atoms with E-state index in [-0.39, 0.29) is 6.04 Å². The van der Waals surface area contributed by atoms with Crippen LogP contribution < -0.4 is 10.6 Å². The Bertz CT molecular complexity index is 1220. The lowest BCUT2D eigenvalue weighted by atomic mass is 9.96. The smallest absolute Gasteiger partial charge is 0.408 e. The van der Waals surface area contributed by atoms with E-state index in [0.29, 0.717) is 13.0 Å². The molecule has 1 heterocycles. The van der Waals surface area contributed by atoms with Crippen LogP contribution in [-0.2, 0) is 9.47 Å². The second-order valence-electron chi connectivity index (χ2n) is 11.2. The molecule has 7 nitrogen and oxygen atoms in total. The number of nitrogens with one attached hydrogen (secondary N) is 2. The maximum atomic E-state index is 12.8. The van der Waals surface area contributed by atoms with Crippen molar-refractivity contribution in [3.8, 4) is 0 Å². The number of unbranched alkanes of at least 4 members (excludes halogenated alkanes) is 1. The summed E-state index contributed by atoms with van der Waals surface area (Å²) in [5.41, 5.74) is 1.68. The van der Waals surface area contributed by atoms with Gasteiger partial charge in [0.25, 0.3) is 0 Å². The minimum Gasteiger partial charge on any atom is -0.444 e. The maximum Gasteiger partial charge on any atom is 0.408 e. The number of pyridine rings is 1. The van der Waals surface area contributed by atoms with E-state index in [2.05, 4.69) is 41.8 Å². The molecule has 0 aliphatic heterocycles. The molecule has 1 unspecified atom stereocenters. The van der Waals surface area contributed by atoms with E-state index >= 15 is 0 Å². The van der Waals surface area contributed by atoms with Crippen LogP contribution >= 0.6 is 0 Å². The number of rotatable bonds is 7. The van der Waals surface area contributed by atoms with Gasteiger partial charge in [-0.2, -0.15) is 0 Å². The quantitative estimate of drug-likeness (QED) is 0.274. The van der Waals surface area contributed by atoms with E-state index in [1.165, 1.54) is 0 Å². The maximum absolute atomic E-state index is 12.8. The molecule has 1 atom stereocenters. The van der Waals surface area contributed by atoms with Crippen LogP contribution in [0, 0.1) is 6.92 Å². The van der Waals surface area contributed by atoms with Crippen LogP contribution in [0.25, 0.3) is 21.7 Å². The fourth-order valence-corrected chi connectivity index (χ4v) is 4.06. The highest BCUT2D eigenvalue weighted by Gasteiger charge is 2.24. The Hall–Kier alpha value is -3.35. The van der Waals surface area contributed by atoms with Crippen molar-refractivity contribution in [3.63, 3.8) is 0 Å². The summed E-state index contributed by atoms with van der Waals surface area (Å²) in [6, 6.07) is 14.0. The fraction of sp³-hybridized carbons (Fsp3) is 0.483. The Morgan fingerprint density at radius 2 is 1.53 bits per heavy atom. The molecule has 0 saturated heterocycles. The molecule has 2 N–H and O–H groups in total. The predicted molar refractivity (Wildman–Crippen MR) is 144 cm³/mol. The monoisotopic (exact) mass is 493 g/mol. The first-order valence-corrected chi connectivity index (χ1v) is 12.6. The normalized spacial score (nSPS) is 12.9. The summed E-state index contributed by atoms with van der Waals surface area (Å²) in [5.74, 6) is 0. The highest BCUT2D eigenvalue weighted by molar-refractivity contribution is 6.07. The molecule has 0 saturated carbocycles. The number of carbonyl (C=O) groups is 2. The predicted octanol–water partition coefficient (Wildman–Crippen LogP) is 6.96. The lowest BCUT2D eigenvalue weighted by Crippen LogP contribution is -2.35. The van der Waals surface area contributed by atoms with Gasteiger partial charge < -0.3 is 20.1 Å². The fourth-order valence-electron chi connectivity index (χ4n) is 4.06. The van der Waals surface area contributed by atoms with E-state index in [4.69, 9.17) is 14.5 Å². The molecule has 3 aromatic rings. The minimum absolute atomic E-state index is 0.352. The number of hydrogen-bond acceptors (Lipinski definition) is 5. The van der Waals surface area contributed by atoms with Gasteiger partial charge >= 0.3 is 12.2 Å². The number of aromatic nitrogens is 1. The molecule has 0 aliphatic carbocycles.